The van der Waals surface area contributed by atoms with E-state index in [1.54, 1.807) is 0 Å². The summed E-state index contributed by atoms with van der Waals surface area (Å²) in [6, 6.07) is 5.49. The van der Waals surface area contributed by atoms with Crippen LogP contribution in [0.1, 0.15) is 19.4 Å². The van der Waals surface area contributed by atoms with Crippen molar-refractivity contribution in [2.75, 3.05) is 0 Å². The Kier molecular flexibility index (Phi) is 2.85. The standard InChI is InChI=1S/C12H14N2O3/c1-12(2,16)11(15)13-6-8-3-4-9-10(5-8)17-7-14-9/h3-5,7,16H,6H2,1-2H3,(H,13,15). The molecule has 0 aliphatic carbocycles. The Balaban J connectivity index is 2.06. The van der Waals surface area contributed by atoms with Crippen molar-refractivity contribution in [3.8, 4) is 0 Å². The molecule has 1 aromatic heterocycles. The number of oxazole rings is 1. The number of hydrogen-bond donors (Lipinski definition) is 2. The molecule has 0 fully saturated rings. The van der Waals surface area contributed by atoms with Crippen LogP contribution in [-0.2, 0) is 11.3 Å². The molecule has 5 nitrogen and oxygen atoms in total. The Morgan fingerprint density at radius 2 is 2.29 bits per heavy atom. The van der Waals surface area contributed by atoms with Crippen LogP contribution in [0.15, 0.2) is 29.0 Å². The zero-order valence-electron chi connectivity index (χ0n) is 9.73. The van der Waals surface area contributed by atoms with Crippen LogP contribution in [0.5, 0.6) is 0 Å². The van der Waals surface area contributed by atoms with Gasteiger partial charge < -0.3 is 14.8 Å². The number of nitrogens with zero attached hydrogens (tertiary/aromatic N) is 1. The lowest BCUT2D eigenvalue weighted by atomic mass is 10.1. The Bertz CT molecular complexity index is 540. The van der Waals surface area contributed by atoms with Crippen molar-refractivity contribution >= 4 is 17.0 Å². The molecule has 2 aromatic rings. The van der Waals surface area contributed by atoms with E-state index in [1.165, 1.54) is 20.2 Å². The molecular formula is C12H14N2O3. The third-order valence-corrected chi connectivity index (χ3v) is 2.40. The number of amides is 1. The third-order valence-electron chi connectivity index (χ3n) is 2.40. The van der Waals surface area contributed by atoms with Crippen molar-refractivity contribution < 1.29 is 14.3 Å². The maximum absolute atomic E-state index is 11.5. The fourth-order valence-electron chi connectivity index (χ4n) is 1.41. The summed E-state index contributed by atoms with van der Waals surface area (Å²) in [7, 11) is 0. The predicted molar refractivity (Wildman–Crippen MR) is 62.2 cm³/mol. The first-order valence-electron chi connectivity index (χ1n) is 5.29. The van der Waals surface area contributed by atoms with Crippen LogP contribution in [0, 0.1) is 0 Å². The fraction of sp³-hybridized carbons (Fsp3) is 0.333. The van der Waals surface area contributed by atoms with Gasteiger partial charge in [0.05, 0.1) is 0 Å². The van der Waals surface area contributed by atoms with Gasteiger partial charge in [-0.15, -0.1) is 0 Å². The molecule has 0 bridgehead atoms. The van der Waals surface area contributed by atoms with E-state index in [9.17, 15) is 9.90 Å². The topological polar surface area (TPSA) is 75.4 Å². The van der Waals surface area contributed by atoms with Gasteiger partial charge in [-0.25, -0.2) is 4.98 Å². The number of rotatable bonds is 3. The summed E-state index contributed by atoms with van der Waals surface area (Å²) in [5.74, 6) is -0.407. The Hall–Kier alpha value is -1.88. The second-order valence-electron chi connectivity index (χ2n) is 4.40. The zero-order valence-corrected chi connectivity index (χ0v) is 9.73. The highest BCUT2D eigenvalue weighted by atomic mass is 16.3. The number of carbonyl (C=O) groups is 1. The van der Waals surface area contributed by atoms with E-state index < -0.39 is 11.5 Å². The zero-order chi connectivity index (χ0) is 12.5. The van der Waals surface area contributed by atoms with Gasteiger partial charge in [0.15, 0.2) is 12.0 Å². The summed E-state index contributed by atoms with van der Waals surface area (Å²) in [5, 5.41) is 12.1. The van der Waals surface area contributed by atoms with Crippen molar-refractivity contribution in [2.24, 2.45) is 0 Å². The molecule has 90 valence electrons. The number of nitrogens with one attached hydrogen (secondary N) is 1. The second kappa shape index (κ2) is 4.18. The average Bonchev–Trinajstić information content (AvgIpc) is 2.71. The van der Waals surface area contributed by atoms with Crippen LogP contribution in [-0.4, -0.2) is 21.6 Å². The lowest BCUT2D eigenvalue weighted by Gasteiger charge is -2.16. The van der Waals surface area contributed by atoms with Gasteiger partial charge in [-0.2, -0.15) is 0 Å². The fourth-order valence-corrected chi connectivity index (χ4v) is 1.41. The summed E-state index contributed by atoms with van der Waals surface area (Å²) in [6.45, 7) is 3.24. The molecule has 5 heteroatoms. The Morgan fingerprint density at radius 1 is 1.53 bits per heavy atom. The van der Waals surface area contributed by atoms with Gasteiger partial charge >= 0.3 is 0 Å². The molecule has 0 saturated heterocycles. The molecule has 0 spiro atoms. The van der Waals surface area contributed by atoms with Crippen molar-refractivity contribution in [1.82, 2.24) is 10.3 Å². The second-order valence-corrected chi connectivity index (χ2v) is 4.40. The summed E-state index contributed by atoms with van der Waals surface area (Å²) >= 11 is 0. The van der Waals surface area contributed by atoms with Crippen LogP contribution < -0.4 is 5.32 Å². The highest BCUT2D eigenvalue weighted by Gasteiger charge is 2.22. The average molecular weight is 234 g/mol. The minimum Gasteiger partial charge on any atom is -0.443 e. The largest absolute Gasteiger partial charge is 0.443 e. The molecule has 0 aliphatic rings. The van der Waals surface area contributed by atoms with Crippen molar-refractivity contribution in [1.29, 1.82) is 0 Å². The highest BCUT2D eigenvalue weighted by Crippen LogP contribution is 2.14. The normalized spacial score (nSPS) is 11.7. The minimum absolute atomic E-state index is 0.347. The van der Waals surface area contributed by atoms with Crippen LogP contribution in [0.3, 0.4) is 0 Å². The van der Waals surface area contributed by atoms with Crippen molar-refractivity contribution in [2.45, 2.75) is 26.0 Å². The molecule has 0 unspecified atom stereocenters. The Morgan fingerprint density at radius 3 is 3.00 bits per heavy atom. The molecule has 0 aliphatic heterocycles. The number of benzene rings is 1. The Labute approximate surface area is 98.5 Å². The van der Waals surface area contributed by atoms with Crippen LogP contribution in [0.4, 0.5) is 0 Å². The van der Waals surface area contributed by atoms with E-state index in [0.717, 1.165) is 11.1 Å². The van der Waals surface area contributed by atoms with Crippen LogP contribution >= 0.6 is 0 Å². The molecule has 0 saturated carbocycles. The van der Waals surface area contributed by atoms with Crippen LogP contribution in [0.25, 0.3) is 11.1 Å². The van der Waals surface area contributed by atoms with Gasteiger partial charge in [0.2, 0.25) is 0 Å². The van der Waals surface area contributed by atoms with Crippen LogP contribution in [0.2, 0.25) is 0 Å². The van der Waals surface area contributed by atoms with Gasteiger partial charge in [-0.3, -0.25) is 4.79 Å². The molecule has 0 radical (unpaired) electrons. The third kappa shape index (κ3) is 2.62. The van der Waals surface area contributed by atoms with E-state index >= 15 is 0 Å². The summed E-state index contributed by atoms with van der Waals surface area (Å²) < 4.78 is 5.16. The summed E-state index contributed by atoms with van der Waals surface area (Å²) in [4.78, 5) is 15.5. The van der Waals surface area contributed by atoms with Gasteiger partial charge in [-0.05, 0) is 31.5 Å². The quantitative estimate of drug-likeness (QED) is 0.837. The van der Waals surface area contributed by atoms with E-state index in [2.05, 4.69) is 10.3 Å². The molecule has 17 heavy (non-hydrogen) atoms. The first kappa shape index (κ1) is 11.6. The van der Waals surface area contributed by atoms with Crippen molar-refractivity contribution in [3.05, 3.63) is 30.2 Å². The minimum atomic E-state index is -1.36. The highest BCUT2D eigenvalue weighted by molar-refractivity contribution is 5.84. The molecule has 2 N–H and O–H groups in total. The van der Waals surface area contributed by atoms with E-state index in [-0.39, 0.29) is 0 Å². The molecular weight excluding hydrogens is 220 g/mol. The maximum Gasteiger partial charge on any atom is 0.251 e. The van der Waals surface area contributed by atoms with Crippen molar-refractivity contribution in [3.63, 3.8) is 0 Å². The lowest BCUT2D eigenvalue weighted by Crippen LogP contribution is -2.41. The molecule has 1 heterocycles. The first-order valence-corrected chi connectivity index (χ1v) is 5.29. The monoisotopic (exact) mass is 234 g/mol. The lowest BCUT2D eigenvalue weighted by molar-refractivity contribution is -0.136. The van der Waals surface area contributed by atoms with Gasteiger partial charge in [-0.1, -0.05) is 6.07 Å². The first-order chi connectivity index (χ1) is 7.97. The summed E-state index contributed by atoms with van der Waals surface area (Å²) in [5.41, 5.74) is 0.991. The maximum atomic E-state index is 11.5. The van der Waals surface area contributed by atoms with Gasteiger partial charge in [0.25, 0.3) is 5.91 Å². The number of fused-ring (bicyclic) bond motifs is 1. The van der Waals surface area contributed by atoms with E-state index in [0.29, 0.717) is 12.1 Å². The molecule has 0 atom stereocenters. The number of aromatic nitrogens is 1. The smallest absolute Gasteiger partial charge is 0.251 e. The number of carbonyl (C=O) groups excluding carboxylic acids is 1. The van der Waals surface area contributed by atoms with Gasteiger partial charge in [0.1, 0.15) is 11.1 Å². The molecule has 2 rings (SSSR count). The molecule has 1 amide bonds. The number of hydrogen-bond acceptors (Lipinski definition) is 4. The van der Waals surface area contributed by atoms with E-state index in [4.69, 9.17) is 4.42 Å². The predicted octanol–water partition coefficient (Wildman–Crippen LogP) is 1.21. The van der Waals surface area contributed by atoms with E-state index in [1.807, 2.05) is 18.2 Å². The number of aliphatic hydroxyl groups is 1. The van der Waals surface area contributed by atoms with Gasteiger partial charge in [0, 0.05) is 6.54 Å². The molecule has 1 aromatic carbocycles. The SMILES string of the molecule is CC(C)(O)C(=O)NCc1ccc2ncoc2c1. The summed E-state index contributed by atoms with van der Waals surface area (Å²) in [6.07, 6.45) is 1.38.